The Morgan fingerprint density at radius 2 is 1.93 bits per heavy atom. The zero-order valence-corrected chi connectivity index (χ0v) is 17.1. The summed E-state index contributed by atoms with van der Waals surface area (Å²) in [6.45, 7) is 0.102. The van der Waals surface area contributed by atoms with Gasteiger partial charge in [0.15, 0.2) is 9.84 Å². The molecule has 0 amide bonds. The van der Waals surface area contributed by atoms with E-state index in [0.717, 1.165) is 41.4 Å². The molecule has 2 N–H and O–H groups in total. The number of ether oxygens (including phenoxy) is 1. The molecule has 0 aliphatic heterocycles. The molecule has 0 radical (unpaired) electrons. The zero-order valence-electron chi connectivity index (χ0n) is 16.3. The number of hydrogen-bond donors (Lipinski definition) is 1. The molecule has 0 bridgehead atoms. The fourth-order valence-electron chi connectivity index (χ4n) is 3.75. The third-order valence-electron chi connectivity index (χ3n) is 5.43. The van der Waals surface area contributed by atoms with Gasteiger partial charge in [0.05, 0.1) is 22.5 Å². The van der Waals surface area contributed by atoms with Gasteiger partial charge in [-0.1, -0.05) is 12.1 Å². The van der Waals surface area contributed by atoms with Crippen LogP contribution in [-0.2, 0) is 9.84 Å². The molecule has 0 spiro atoms. The second-order valence-electron chi connectivity index (χ2n) is 7.57. The van der Waals surface area contributed by atoms with Gasteiger partial charge in [0.25, 0.3) is 0 Å². The van der Waals surface area contributed by atoms with Gasteiger partial charge in [-0.2, -0.15) is 5.26 Å². The van der Waals surface area contributed by atoms with E-state index in [0.29, 0.717) is 23.0 Å². The van der Waals surface area contributed by atoms with Gasteiger partial charge in [-0.3, -0.25) is 0 Å². The third-order valence-corrected chi connectivity index (χ3v) is 6.34. The van der Waals surface area contributed by atoms with Crippen molar-refractivity contribution < 1.29 is 13.2 Å². The maximum Gasteiger partial charge on any atom is 0.150 e. The lowest BCUT2D eigenvalue weighted by molar-refractivity contribution is 0.323. The molecular formula is C22H23N3O3S. The second-order valence-corrected chi connectivity index (χ2v) is 9.83. The van der Waals surface area contributed by atoms with Crippen LogP contribution >= 0.6 is 0 Å². The summed E-state index contributed by atoms with van der Waals surface area (Å²) in [5, 5.41) is 10.8. The first-order valence-corrected chi connectivity index (χ1v) is 11.7. The first kappa shape index (κ1) is 19.3. The Morgan fingerprint density at radius 1 is 1.21 bits per heavy atom. The van der Waals surface area contributed by atoms with Crippen molar-refractivity contribution in [3.8, 4) is 23.1 Å². The highest BCUT2D eigenvalue weighted by molar-refractivity contribution is 7.90. The largest absolute Gasteiger partial charge is 0.492 e. The number of sulfone groups is 1. The van der Waals surface area contributed by atoms with Crippen molar-refractivity contribution in [3.05, 3.63) is 48.0 Å². The van der Waals surface area contributed by atoms with E-state index in [1.807, 2.05) is 36.4 Å². The SMILES string of the molecule is CS(=O)(=O)CCOc1ccc2c(C#N)c(-c3ccc(N)cc3)n(C3CCC3)c2c1. The average molecular weight is 410 g/mol. The smallest absolute Gasteiger partial charge is 0.150 e. The molecule has 1 saturated carbocycles. The quantitative estimate of drug-likeness (QED) is 0.623. The maximum absolute atomic E-state index is 11.4. The summed E-state index contributed by atoms with van der Waals surface area (Å²) in [4.78, 5) is 0. The number of nitrogens with two attached hydrogens (primary N) is 1. The van der Waals surface area contributed by atoms with Gasteiger partial charge in [-0.15, -0.1) is 0 Å². The summed E-state index contributed by atoms with van der Waals surface area (Å²) in [7, 11) is -3.08. The van der Waals surface area contributed by atoms with Crippen LogP contribution in [0, 0.1) is 11.3 Å². The van der Waals surface area contributed by atoms with Crippen molar-refractivity contribution >= 4 is 26.4 Å². The standard InChI is InChI=1S/C22H23N3O3S/c1-29(26,27)12-11-28-18-9-10-19-20(14-23)22(15-5-7-16(24)8-6-15)25(21(19)13-18)17-3-2-4-17/h5-10,13,17H,2-4,11-12,24H2,1H3. The minimum Gasteiger partial charge on any atom is -0.492 e. The lowest BCUT2D eigenvalue weighted by Gasteiger charge is -2.30. The summed E-state index contributed by atoms with van der Waals surface area (Å²) in [6, 6.07) is 15.9. The second kappa shape index (κ2) is 7.45. The van der Waals surface area contributed by atoms with E-state index in [1.165, 1.54) is 6.26 Å². The predicted molar refractivity (Wildman–Crippen MR) is 115 cm³/mol. The molecule has 2 aromatic carbocycles. The molecule has 1 fully saturated rings. The molecular weight excluding hydrogens is 386 g/mol. The Balaban J connectivity index is 1.83. The van der Waals surface area contributed by atoms with Crippen molar-refractivity contribution in [3.63, 3.8) is 0 Å². The van der Waals surface area contributed by atoms with Crippen LogP contribution in [0.25, 0.3) is 22.2 Å². The summed E-state index contributed by atoms with van der Waals surface area (Å²) < 4.78 is 30.7. The number of nitrogens with zero attached hydrogens (tertiary/aromatic N) is 2. The Kier molecular flexibility index (Phi) is 4.97. The number of rotatable bonds is 6. The molecule has 3 aromatic rings. The lowest BCUT2D eigenvalue weighted by atomic mass is 9.92. The van der Waals surface area contributed by atoms with Gasteiger partial charge in [-0.05, 0) is 49.1 Å². The molecule has 0 saturated heterocycles. The zero-order chi connectivity index (χ0) is 20.6. The van der Waals surface area contributed by atoms with E-state index in [1.54, 1.807) is 6.07 Å². The third kappa shape index (κ3) is 3.81. The molecule has 29 heavy (non-hydrogen) atoms. The highest BCUT2D eigenvalue weighted by atomic mass is 32.2. The predicted octanol–water partition coefficient (Wildman–Crippen LogP) is 3.91. The normalized spacial score (nSPS) is 14.5. The number of fused-ring (bicyclic) bond motifs is 1. The van der Waals surface area contributed by atoms with Crippen molar-refractivity contribution in [2.24, 2.45) is 0 Å². The molecule has 1 aliphatic rings. The molecule has 6 nitrogen and oxygen atoms in total. The molecule has 1 aliphatic carbocycles. The van der Waals surface area contributed by atoms with E-state index in [4.69, 9.17) is 10.5 Å². The summed E-state index contributed by atoms with van der Waals surface area (Å²) in [5.74, 6) is 0.571. The van der Waals surface area contributed by atoms with E-state index < -0.39 is 9.84 Å². The molecule has 4 rings (SSSR count). The van der Waals surface area contributed by atoms with E-state index in [2.05, 4.69) is 10.6 Å². The van der Waals surface area contributed by atoms with Crippen molar-refractivity contribution in [2.75, 3.05) is 24.3 Å². The molecule has 150 valence electrons. The highest BCUT2D eigenvalue weighted by Gasteiger charge is 2.28. The van der Waals surface area contributed by atoms with Crippen LogP contribution in [0.1, 0.15) is 30.9 Å². The number of aromatic nitrogens is 1. The van der Waals surface area contributed by atoms with Crippen molar-refractivity contribution in [2.45, 2.75) is 25.3 Å². The van der Waals surface area contributed by atoms with E-state index in [-0.39, 0.29) is 12.4 Å². The van der Waals surface area contributed by atoms with E-state index >= 15 is 0 Å². The highest BCUT2D eigenvalue weighted by Crippen LogP contribution is 2.43. The first-order chi connectivity index (χ1) is 13.9. The minimum absolute atomic E-state index is 0.0329. The number of anilines is 1. The number of benzene rings is 2. The van der Waals surface area contributed by atoms with Crippen LogP contribution in [0.4, 0.5) is 5.69 Å². The molecule has 1 heterocycles. The average Bonchev–Trinajstić information content (AvgIpc) is 2.93. The topological polar surface area (TPSA) is 98.1 Å². The fourth-order valence-corrected chi connectivity index (χ4v) is 4.14. The van der Waals surface area contributed by atoms with Gasteiger partial charge in [0.2, 0.25) is 0 Å². The lowest BCUT2D eigenvalue weighted by Crippen LogP contribution is -2.18. The van der Waals surface area contributed by atoms with Gasteiger partial charge >= 0.3 is 0 Å². The van der Waals surface area contributed by atoms with E-state index in [9.17, 15) is 13.7 Å². The maximum atomic E-state index is 11.4. The first-order valence-electron chi connectivity index (χ1n) is 9.62. The van der Waals surface area contributed by atoms with Crippen LogP contribution in [0.5, 0.6) is 5.75 Å². The Bertz CT molecular complexity index is 1200. The van der Waals surface area contributed by atoms with Crippen LogP contribution in [-0.4, -0.2) is 31.6 Å². The monoisotopic (exact) mass is 409 g/mol. The fraction of sp³-hybridized carbons (Fsp3) is 0.318. The van der Waals surface area contributed by atoms with Gasteiger partial charge in [-0.25, -0.2) is 8.42 Å². The van der Waals surface area contributed by atoms with Gasteiger partial charge < -0.3 is 15.0 Å². The Hall–Kier alpha value is -2.98. The number of nitrogen functional groups attached to an aromatic ring is 1. The van der Waals surface area contributed by atoms with Crippen molar-refractivity contribution in [1.82, 2.24) is 4.57 Å². The summed E-state index contributed by atoms with van der Waals surface area (Å²) in [6.07, 6.45) is 4.49. The summed E-state index contributed by atoms with van der Waals surface area (Å²) in [5.41, 5.74) is 9.97. The van der Waals surface area contributed by atoms with Crippen LogP contribution in [0.15, 0.2) is 42.5 Å². The minimum atomic E-state index is -3.08. The van der Waals surface area contributed by atoms with Crippen LogP contribution in [0.3, 0.4) is 0 Å². The summed E-state index contributed by atoms with van der Waals surface area (Å²) >= 11 is 0. The molecule has 1 aromatic heterocycles. The molecule has 0 unspecified atom stereocenters. The van der Waals surface area contributed by atoms with Crippen molar-refractivity contribution in [1.29, 1.82) is 5.26 Å². The number of nitriles is 1. The van der Waals surface area contributed by atoms with Gasteiger partial charge in [0.1, 0.15) is 18.4 Å². The van der Waals surface area contributed by atoms with Gasteiger partial charge in [0, 0.05) is 29.4 Å². The number of hydrogen-bond acceptors (Lipinski definition) is 5. The molecule has 0 atom stereocenters. The Morgan fingerprint density at radius 3 is 2.52 bits per heavy atom. The molecule has 7 heteroatoms. The van der Waals surface area contributed by atoms with Crippen LogP contribution < -0.4 is 10.5 Å². The Labute approximate surface area is 170 Å². The van der Waals surface area contributed by atoms with Crippen LogP contribution in [0.2, 0.25) is 0 Å².